The van der Waals surface area contributed by atoms with Crippen LogP contribution in [0.25, 0.3) is 0 Å². The lowest BCUT2D eigenvalue weighted by Gasteiger charge is -2.17. The molecule has 1 heterocycles. The standard InChI is InChI=1S/C14H26N6/c1-20(2)10-9-15-14-18-13(11-16-19-14)17-12-7-5-3-4-6-8-12/h11-12H,3-10H2,1-2H3,(H2,15,17,18,19). The summed E-state index contributed by atoms with van der Waals surface area (Å²) in [5.74, 6) is 1.43. The van der Waals surface area contributed by atoms with Gasteiger partial charge in [0.2, 0.25) is 5.95 Å². The topological polar surface area (TPSA) is 66.0 Å². The maximum Gasteiger partial charge on any atom is 0.244 e. The van der Waals surface area contributed by atoms with E-state index in [0.717, 1.165) is 18.9 Å². The minimum atomic E-state index is 0.531. The molecule has 1 aromatic heterocycles. The molecule has 6 heteroatoms. The first-order valence-electron chi connectivity index (χ1n) is 7.59. The van der Waals surface area contributed by atoms with E-state index in [0.29, 0.717) is 12.0 Å². The van der Waals surface area contributed by atoms with Gasteiger partial charge in [0, 0.05) is 19.1 Å². The Hall–Kier alpha value is -1.43. The molecule has 2 N–H and O–H groups in total. The quantitative estimate of drug-likeness (QED) is 0.776. The van der Waals surface area contributed by atoms with Gasteiger partial charge >= 0.3 is 0 Å². The zero-order chi connectivity index (χ0) is 14.2. The van der Waals surface area contributed by atoms with Crippen molar-refractivity contribution >= 4 is 11.8 Å². The number of nitrogens with zero attached hydrogens (tertiary/aromatic N) is 4. The number of anilines is 2. The first-order chi connectivity index (χ1) is 9.74. The van der Waals surface area contributed by atoms with Crippen LogP contribution in [0.4, 0.5) is 11.8 Å². The smallest absolute Gasteiger partial charge is 0.244 e. The third-order valence-corrected chi connectivity index (χ3v) is 3.61. The molecule has 1 fully saturated rings. The molecule has 1 aliphatic carbocycles. The molecule has 0 unspecified atom stereocenters. The van der Waals surface area contributed by atoms with Crippen molar-refractivity contribution in [1.82, 2.24) is 20.1 Å². The lowest BCUT2D eigenvalue weighted by atomic mass is 10.1. The lowest BCUT2D eigenvalue weighted by Crippen LogP contribution is -2.22. The Morgan fingerprint density at radius 1 is 1.20 bits per heavy atom. The Bertz CT molecular complexity index is 387. The maximum atomic E-state index is 4.48. The molecule has 1 aromatic rings. The minimum absolute atomic E-state index is 0.531. The number of rotatable bonds is 6. The van der Waals surface area contributed by atoms with Crippen molar-refractivity contribution in [3.05, 3.63) is 6.20 Å². The summed E-state index contributed by atoms with van der Waals surface area (Å²) in [4.78, 5) is 6.60. The van der Waals surface area contributed by atoms with Crippen molar-refractivity contribution in [1.29, 1.82) is 0 Å². The van der Waals surface area contributed by atoms with Crippen LogP contribution in [0.2, 0.25) is 0 Å². The minimum Gasteiger partial charge on any atom is -0.366 e. The van der Waals surface area contributed by atoms with Crippen LogP contribution in [0.1, 0.15) is 38.5 Å². The van der Waals surface area contributed by atoms with Crippen molar-refractivity contribution in [3.8, 4) is 0 Å². The second kappa shape index (κ2) is 7.99. The number of nitrogens with one attached hydrogen (secondary N) is 2. The number of aromatic nitrogens is 3. The molecule has 0 aliphatic heterocycles. The summed E-state index contributed by atoms with van der Waals surface area (Å²) in [5.41, 5.74) is 0. The van der Waals surface area contributed by atoms with Gasteiger partial charge in [-0.25, -0.2) is 0 Å². The van der Waals surface area contributed by atoms with E-state index in [1.54, 1.807) is 6.20 Å². The molecule has 112 valence electrons. The Labute approximate surface area is 121 Å². The summed E-state index contributed by atoms with van der Waals surface area (Å²) in [6.07, 6.45) is 9.51. The van der Waals surface area contributed by atoms with Gasteiger partial charge in [-0.2, -0.15) is 10.1 Å². The van der Waals surface area contributed by atoms with E-state index in [-0.39, 0.29) is 0 Å². The van der Waals surface area contributed by atoms with E-state index in [4.69, 9.17) is 0 Å². The van der Waals surface area contributed by atoms with Crippen LogP contribution < -0.4 is 10.6 Å². The van der Waals surface area contributed by atoms with Crippen LogP contribution >= 0.6 is 0 Å². The zero-order valence-corrected chi connectivity index (χ0v) is 12.6. The summed E-state index contributed by atoms with van der Waals surface area (Å²) in [7, 11) is 4.09. The normalized spacial score (nSPS) is 16.9. The molecule has 0 amide bonds. The van der Waals surface area contributed by atoms with Crippen LogP contribution in [0, 0.1) is 0 Å². The molecule has 0 spiro atoms. The Kier molecular flexibility index (Phi) is 5.98. The van der Waals surface area contributed by atoms with Crippen LogP contribution in [-0.4, -0.2) is 53.3 Å². The highest BCUT2D eigenvalue weighted by Crippen LogP contribution is 2.20. The summed E-state index contributed by atoms with van der Waals surface area (Å²) in [6.45, 7) is 1.77. The van der Waals surface area contributed by atoms with Crippen molar-refractivity contribution < 1.29 is 0 Å². The highest BCUT2D eigenvalue weighted by Gasteiger charge is 2.12. The summed E-state index contributed by atoms with van der Waals surface area (Å²) in [5, 5.41) is 14.7. The van der Waals surface area contributed by atoms with E-state index in [1.807, 2.05) is 14.1 Å². The van der Waals surface area contributed by atoms with Crippen molar-refractivity contribution in [2.45, 2.75) is 44.6 Å². The molecule has 20 heavy (non-hydrogen) atoms. The molecular formula is C14H26N6. The third-order valence-electron chi connectivity index (χ3n) is 3.61. The van der Waals surface area contributed by atoms with Crippen molar-refractivity contribution in [2.24, 2.45) is 0 Å². The average molecular weight is 278 g/mol. The van der Waals surface area contributed by atoms with Gasteiger partial charge in [-0.15, -0.1) is 5.10 Å². The third kappa shape index (κ3) is 5.28. The van der Waals surface area contributed by atoms with E-state index < -0.39 is 0 Å². The fraction of sp³-hybridized carbons (Fsp3) is 0.786. The van der Waals surface area contributed by atoms with Crippen LogP contribution in [0.3, 0.4) is 0 Å². The van der Waals surface area contributed by atoms with Gasteiger partial charge in [0.25, 0.3) is 0 Å². The van der Waals surface area contributed by atoms with Crippen LogP contribution in [-0.2, 0) is 0 Å². The Morgan fingerprint density at radius 3 is 2.65 bits per heavy atom. The molecule has 1 saturated carbocycles. The molecular weight excluding hydrogens is 252 g/mol. The monoisotopic (exact) mass is 278 g/mol. The van der Waals surface area contributed by atoms with Gasteiger partial charge in [-0.3, -0.25) is 0 Å². The lowest BCUT2D eigenvalue weighted by molar-refractivity contribution is 0.425. The van der Waals surface area contributed by atoms with Gasteiger partial charge in [0.15, 0.2) is 5.82 Å². The largest absolute Gasteiger partial charge is 0.366 e. The molecule has 2 rings (SSSR count). The van der Waals surface area contributed by atoms with E-state index in [1.165, 1.54) is 38.5 Å². The van der Waals surface area contributed by atoms with Crippen molar-refractivity contribution in [3.63, 3.8) is 0 Å². The predicted octanol–water partition coefficient (Wildman–Crippen LogP) is 1.98. The van der Waals surface area contributed by atoms with Gasteiger partial charge in [0.05, 0.1) is 6.20 Å². The van der Waals surface area contributed by atoms with E-state index in [9.17, 15) is 0 Å². The van der Waals surface area contributed by atoms with E-state index in [2.05, 4.69) is 30.7 Å². The molecule has 0 aromatic carbocycles. The molecule has 1 aliphatic rings. The zero-order valence-electron chi connectivity index (χ0n) is 12.6. The number of hydrogen-bond donors (Lipinski definition) is 2. The summed E-state index contributed by atoms with van der Waals surface area (Å²) < 4.78 is 0. The molecule has 6 nitrogen and oxygen atoms in total. The first kappa shape index (κ1) is 15.0. The van der Waals surface area contributed by atoms with Gasteiger partial charge < -0.3 is 15.5 Å². The summed E-state index contributed by atoms with van der Waals surface area (Å²) >= 11 is 0. The highest BCUT2D eigenvalue weighted by atomic mass is 15.3. The first-order valence-corrected chi connectivity index (χ1v) is 7.59. The number of likely N-dealkylation sites (N-methyl/N-ethyl adjacent to an activating group) is 1. The average Bonchev–Trinajstić information content (AvgIpc) is 2.67. The van der Waals surface area contributed by atoms with Crippen molar-refractivity contribution in [2.75, 3.05) is 37.8 Å². The van der Waals surface area contributed by atoms with Gasteiger partial charge in [-0.05, 0) is 26.9 Å². The fourth-order valence-corrected chi connectivity index (χ4v) is 2.47. The van der Waals surface area contributed by atoms with Crippen LogP contribution in [0.15, 0.2) is 6.20 Å². The van der Waals surface area contributed by atoms with Gasteiger partial charge in [-0.1, -0.05) is 25.7 Å². The fourth-order valence-electron chi connectivity index (χ4n) is 2.47. The highest BCUT2D eigenvalue weighted by molar-refractivity contribution is 5.37. The Balaban J connectivity index is 1.84. The van der Waals surface area contributed by atoms with Crippen LogP contribution in [0.5, 0.6) is 0 Å². The van der Waals surface area contributed by atoms with E-state index >= 15 is 0 Å². The second-order valence-corrected chi connectivity index (χ2v) is 5.73. The predicted molar refractivity (Wildman–Crippen MR) is 82.0 cm³/mol. The molecule has 0 saturated heterocycles. The Morgan fingerprint density at radius 2 is 1.95 bits per heavy atom. The SMILES string of the molecule is CN(C)CCNc1nncc(NC2CCCCCC2)n1. The maximum absolute atomic E-state index is 4.48. The van der Waals surface area contributed by atoms with Gasteiger partial charge in [0.1, 0.15) is 0 Å². The summed E-state index contributed by atoms with van der Waals surface area (Å²) in [6, 6.07) is 0.531. The number of hydrogen-bond acceptors (Lipinski definition) is 6. The molecule has 0 radical (unpaired) electrons. The molecule has 0 bridgehead atoms. The second-order valence-electron chi connectivity index (χ2n) is 5.73. The molecule has 0 atom stereocenters.